The van der Waals surface area contributed by atoms with E-state index in [9.17, 15) is 4.79 Å². The molecule has 0 aliphatic carbocycles. The van der Waals surface area contributed by atoms with Gasteiger partial charge in [0.1, 0.15) is 0 Å². The van der Waals surface area contributed by atoms with E-state index in [0.29, 0.717) is 19.1 Å². The Balaban J connectivity index is 0.00000364. The van der Waals surface area contributed by atoms with Crippen LogP contribution in [0, 0.1) is 17.8 Å². The molecule has 2 heterocycles. The number of aliphatic imine (C=N–C) groups is 1. The van der Waals surface area contributed by atoms with Gasteiger partial charge in [0.05, 0.1) is 12.5 Å². The maximum absolute atomic E-state index is 12.1. The number of esters is 1. The van der Waals surface area contributed by atoms with Crippen LogP contribution in [0.15, 0.2) is 4.99 Å². The van der Waals surface area contributed by atoms with Crippen LogP contribution in [0.5, 0.6) is 0 Å². The van der Waals surface area contributed by atoms with E-state index in [0.717, 1.165) is 37.8 Å². The molecule has 0 spiro atoms. The van der Waals surface area contributed by atoms with Crippen molar-refractivity contribution in [3.63, 3.8) is 0 Å². The van der Waals surface area contributed by atoms with Gasteiger partial charge < -0.3 is 19.9 Å². The molecule has 1 N–H and O–H groups in total. The van der Waals surface area contributed by atoms with Crippen molar-refractivity contribution in [3.8, 4) is 0 Å². The van der Waals surface area contributed by atoms with Crippen molar-refractivity contribution >= 4 is 35.9 Å². The summed E-state index contributed by atoms with van der Waals surface area (Å²) in [6.07, 6.45) is 4.49. The van der Waals surface area contributed by atoms with Crippen LogP contribution in [-0.2, 0) is 9.53 Å². The number of likely N-dealkylation sites (tertiary alicyclic amines) is 2. The quantitative estimate of drug-likeness (QED) is 0.267. The van der Waals surface area contributed by atoms with Crippen molar-refractivity contribution < 1.29 is 9.53 Å². The maximum atomic E-state index is 12.1. The van der Waals surface area contributed by atoms with Crippen LogP contribution in [0.4, 0.5) is 0 Å². The Labute approximate surface area is 182 Å². The zero-order valence-corrected chi connectivity index (χ0v) is 19.9. The predicted octanol–water partition coefficient (Wildman–Crippen LogP) is 2.82. The number of guanidine groups is 1. The topological polar surface area (TPSA) is 57.2 Å². The summed E-state index contributed by atoms with van der Waals surface area (Å²) in [5.41, 5.74) is 0. The number of hydrogen-bond donors (Lipinski definition) is 1. The van der Waals surface area contributed by atoms with Crippen molar-refractivity contribution in [2.24, 2.45) is 22.7 Å². The molecule has 0 radical (unpaired) electrons. The maximum Gasteiger partial charge on any atom is 0.310 e. The molecule has 0 aromatic heterocycles. The molecule has 6 nitrogen and oxygen atoms in total. The second kappa shape index (κ2) is 12.8. The minimum Gasteiger partial charge on any atom is -0.466 e. The summed E-state index contributed by atoms with van der Waals surface area (Å²) in [6.45, 7) is 13.1. The van der Waals surface area contributed by atoms with Crippen molar-refractivity contribution in [1.82, 2.24) is 15.1 Å². The van der Waals surface area contributed by atoms with Gasteiger partial charge >= 0.3 is 5.97 Å². The first-order valence-electron chi connectivity index (χ1n) is 10.4. The van der Waals surface area contributed by atoms with Crippen LogP contribution in [0.2, 0.25) is 0 Å². The van der Waals surface area contributed by atoms with Crippen LogP contribution in [-0.4, -0.2) is 74.7 Å². The molecule has 2 fully saturated rings. The van der Waals surface area contributed by atoms with Crippen LogP contribution < -0.4 is 5.32 Å². The largest absolute Gasteiger partial charge is 0.466 e. The average molecular weight is 494 g/mol. The third kappa shape index (κ3) is 8.13. The number of nitrogens with one attached hydrogen (secondary N) is 1. The Morgan fingerprint density at radius 2 is 1.96 bits per heavy atom. The van der Waals surface area contributed by atoms with Gasteiger partial charge in [0, 0.05) is 39.8 Å². The number of carbonyl (C=O) groups excluding carboxylic acids is 1. The summed E-state index contributed by atoms with van der Waals surface area (Å²) >= 11 is 0. The summed E-state index contributed by atoms with van der Waals surface area (Å²) < 4.78 is 5.21. The molecular formula is C20H39IN4O2. The summed E-state index contributed by atoms with van der Waals surface area (Å²) in [5, 5.41) is 3.57. The van der Waals surface area contributed by atoms with Gasteiger partial charge in [-0.25, -0.2) is 0 Å². The number of carbonyl (C=O) groups is 1. The van der Waals surface area contributed by atoms with Gasteiger partial charge in [-0.2, -0.15) is 0 Å². The Hall–Kier alpha value is -0.570. The molecule has 0 saturated carbocycles. The molecule has 0 amide bonds. The first-order chi connectivity index (χ1) is 12.5. The molecule has 158 valence electrons. The van der Waals surface area contributed by atoms with Gasteiger partial charge in [-0.1, -0.05) is 13.8 Å². The molecule has 7 heteroatoms. The normalized spacial score (nSPS) is 24.5. The second-order valence-electron chi connectivity index (χ2n) is 8.13. The highest BCUT2D eigenvalue weighted by molar-refractivity contribution is 14.0. The van der Waals surface area contributed by atoms with E-state index < -0.39 is 0 Å². The van der Waals surface area contributed by atoms with E-state index in [1.54, 1.807) is 0 Å². The van der Waals surface area contributed by atoms with Crippen molar-refractivity contribution in [1.29, 1.82) is 0 Å². The molecule has 2 rings (SSSR count). The molecule has 0 aromatic carbocycles. The third-order valence-electron chi connectivity index (χ3n) is 5.33. The third-order valence-corrected chi connectivity index (χ3v) is 5.33. The van der Waals surface area contributed by atoms with Gasteiger partial charge in [0.2, 0.25) is 0 Å². The number of hydrogen-bond acceptors (Lipinski definition) is 4. The lowest BCUT2D eigenvalue weighted by Crippen LogP contribution is -2.50. The van der Waals surface area contributed by atoms with Crippen molar-refractivity contribution in [3.05, 3.63) is 0 Å². The Kier molecular flexibility index (Phi) is 11.6. The molecule has 2 unspecified atom stereocenters. The Morgan fingerprint density at radius 1 is 1.22 bits per heavy atom. The molecule has 27 heavy (non-hydrogen) atoms. The summed E-state index contributed by atoms with van der Waals surface area (Å²) in [7, 11) is 1.84. The lowest BCUT2D eigenvalue weighted by atomic mass is 9.97. The lowest BCUT2D eigenvalue weighted by molar-refractivity contribution is -0.149. The molecule has 0 bridgehead atoms. The fourth-order valence-corrected chi connectivity index (χ4v) is 4.19. The summed E-state index contributed by atoms with van der Waals surface area (Å²) in [6, 6.07) is 0. The van der Waals surface area contributed by atoms with E-state index in [2.05, 4.69) is 34.0 Å². The highest BCUT2D eigenvalue weighted by Crippen LogP contribution is 2.19. The first kappa shape index (κ1) is 24.5. The van der Waals surface area contributed by atoms with E-state index >= 15 is 0 Å². The number of rotatable bonds is 6. The standard InChI is InChI=1S/C20H38N4O2.HI/c1-5-26-19(25)18-9-7-11-24(15-18)20(21-4)22-12-17-8-6-10-23(14-17)13-16(2)3;/h16-18H,5-15H2,1-4H3,(H,21,22);1H. The van der Waals surface area contributed by atoms with Crippen LogP contribution in [0.3, 0.4) is 0 Å². The van der Waals surface area contributed by atoms with Gasteiger partial charge in [0.25, 0.3) is 0 Å². The molecular weight excluding hydrogens is 455 g/mol. The van der Waals surface area contributed by atoms with Gasteiger partial charge in [-0.05, 0) is 51.0 Å². The molecule has 0 aromatic rings. The predicted molar refractivity (Wildman–Crippen MR) is 122 cm³/mol. The van der Waals surface area contributed by atoms with Crippen LogP contribution >= 0.6 is 24.0 Å². The zero-order valence-electron chi connectivity index (χ0n) is 17.6. The number of nitrogens with zero attached hydrogens (tertiary/aromatic N) is 3. The van der Waals surface area contributed by atoms with E-state index in [1.807, 2.05) is 14.0 Å². The smallest absolute Gasteiger partial charge is 0.310 e. The highest BCUT2D eigenvalue weighted by atomic mass is 127. The number of piperidine rings is 2. The monoisotopic (exact) mass is 494 g/mol. The van der Waals surface area contributed by atoms with E-state index in [-0.39, 0.29) is 35.9 Å². The van der Waals surface area contributed by atoms with Crippen molar-refractivity contribution in [2.75, 3.05) is 52.9 Å². The molecule has 2 atom stereocenters. The molecule has 2 saturated heterocycles. The lowest BCUT2D eigenvalue weighted by Gasteiger charge is -2.36. The minimum absolute atomic E-state index is 0. The van der Waals surface area contributed by atoms with Gasteiger partial charge in [-0.15, -0.1) is 24.0 Å². The molecule has 2 aliphatic rings. The summed E-state index contributed by atoms with van der Waals surface area (Å²) in [5.74, 6) is 2.23. The number of halogens is 1. The zero-order chi connectivity index (χ0) is 18.9. The number of ether oxygens (including phenoxy) is 1. The average Bonchev–Trinajstić information content (AvgIpc) is 2.62. The van der Waals surface area contributed by atoms with Gasteiger partial charge in [0.15, 0.2) is 5.96 Å². The Morgan fingerprint density at radius 3 is 2.63 bits per heavy atom. The highest BCUT2D eigenvalue weighted by Gasteiger charge is 2.29. The second-order valence-corrected chi connectivity index (χ2v) is 8.13. The fourth-order valence-electron chi connectivity index (χ4n) is 4.19. The minimum atomic E-state index is -0.0655. The van der Waals surface area contributed by atoms with Crippen LogP contribution in [0.25, 0.3) is 0 Å². The van der Waals surface area contributed by atoms with Crippen LogP contribution in [0.1, 0.15) is 46.5 Å². The Bertz CT molecular complexity index is 473. The van der Waals surface area contributed by atoms with E-state index in [4.69, 9.17) is 4.74 Å². The first-order valence-corrected chi connectivity index (χ1v) is 10.4. The van der Waals surface area contributed by atoms with Crippen molar-refractivity contribution in [2.45, 2.75) is 46.5 Å². The van der Waals surface area contributed by atoms with E-state index in [1.165, 1.54) is 32.5 Å². The van der Waals surface area contributed by atoms with Gasteiger partial charge in [-0.3, -0.25) is 9.79 Å². The fraction of sp³-hybridized carbons (Fsp3) is 0.900. The SMILES string of the molecule is CCOC(=O)C1CCCN(C(=NC)NCC2CCCN(CC(C)C)C2)C1.I. The summed E-state index contributed by atoms with van der Waals surface area (Å²) in [4.78, 5) is 21.4. The molecule has 2 aliphatic heterocycles.